The van der Waals surface area contributed by atoms with Crippen molar-refractivity contribution in [3.8, 4) is 0 Å². The van der Waals surface area contributed by atoms with Crippen LogP contribution >= 0.6 is 15.9 Å². The molecule has 2 aromatic carbocycles. The monoisotopic (exact) mass is 368 g/mol. The zero-order valence-electron chi connectivity index (χ0n) is 13.0. The Balaban J connectivity index is 1.84. The van der Waals surface area contributed by atoms with E-state index in [0.717, 1.165) is 21.7 Å². The molecule has 0 bridgehead atoms. The number of hydrogen-bond acceptors (Lipinski definition) is 4. The molecule has 0 fully saturated rings. The molecule has 3 rings (SSSR count). The maximum Gasteiger partial charge on any atom is 0.229 e. The molecule has 0 unspecified atom stereocenters. The summed E-state index contributed by atoms with van der Waals surface area (Å²) >= 11 is 3.51. The van der Waals surface area contributed by atoms with E-state index < -0.39 is 0 Å². The smallest absolute Gasteiger partial charge is 0.229 e. The van der Waals surface area contributed by atoms with Gasteiger partial charge in [-0.3, -0.25) is 0 Å². The SMILES string of the molecule is Cc1cccc(C)c1Nc1ccnc(Nc2ccccc2Br)n1. The normalized spacial score (nSPS) is 10.4. The van der Waals surface area contributed by atoms with Crippen LogP contribution in [-0.2, 0) is 0 Å². The van der Waals surface area contributed by atoms with Gasteiger partial charge in [0.25, 0.3) is 0 Å². The summed E-state index contributed by atoms with van der Waals surface area (Å²) in [5.41, 5.74) is 4.38. The van der Waals surface area contributed by atoms with Crippen LogP contribution in [0.1, 0.15) is 11.1 Å². The number of para-hydroxylation sites is 2. The Labute approximate surface area is 144 Å². The van der Waals surface area contributed by atoms with Crippen LogP contribution in [0.25, 0.3) is 0 Å². The number of anilines is 4. The third-order valence-corrected chi connectivity index (χ3v) is 4.20. The fourth-order valence-corrected chi connectivity index (χ4v) is 2.70. The van der Waals surface area contributed by atoms with E-state index >= 15 is 0 Å². The van der Waals surface area contributed by atoms with E-state index in [9.17, 15) is 0 Å². The molecule has 116 valence electrons. The zero-order chi connectivity index (χ0) is 16.2. The van der Waals surface area contributed by atoms with Gasteiger partial charge in [-0.15, -0.1) is 0 Å². The lowest BCUT2D eigenvalue weighted by Crippen LogP contribution is -2.02. The van der Waals surface area contributed by atoms with Crippen molar-refractivity contribution in [2.45, 2.75) is 13.8 Å². The molecule has 0 saturated carbocycles. The van der Waals surface area contributed by atoms with Crippen LogP contribution < -0.4 is 10.6 Å². The molecule has 1 heterocycles. The molecular weight excluding hydrogens is 352 g/mol. The third kappa shape index (κ3) is 3.68. The van der Waals surface area contributed by atoms with Crippen LogP contribution in [-0.4, -0.2) is 9.97 Å². The lowest BCUT2D eigenvalue weighted by atomic mass is 10.1. The Kier molecular flexibility index (Phi) is 4.57. The predicted octanol–water partition coefficient (Wildman–Crippen LogP) is 5.34. The largest absolute Gasteiger partial charge is 0.340 e. The lowest BCUT2D eigenvalue weighted by molar-refractivity contribution is 1.16. The maximum atomic E-state index is 4.53. The summed E-state index contributed by atoms with van der Waals surface area (Å²) in [4.78, 5) is 8.81. The van der Waals surface area contributed by atoms with Gasteiger partial charge in [-0.2, -0.15) is 4.98 Å². The molecule has 5 heteroatoms. The van der Waals surface area contributed by atoms with Crippen LogP contribution in [0.2, 0.25) is 0 Å². The van der Waals surface area contributed by atoms with Gasteiger partial charge < -0.3 is 10.6 Å². The number of nitrogens with zero attached hydrogens (tertiary/aromatic N) is 2. The summed E-state index contributed by atoms with van der Waals surface area (Å²) in [6.07, 6.45) is 1.74. The number of nitrogens with one attached hydrogen (secondary N) is 2. The van der Waals surface area contributed by atoms with Gasteiger partial charge in [-0.1, -0.05) is 30.3 Å². The first-order chi connectivity index (χ1) is 11.1. The summed E-state index contributed by atoms with van der Waals surface area (Å²) in [7, 11) is 0. The zero-order valence-corrected chi connectivity index (χ0v) is 14.6. The van der Waals surface area contributed by atoms with Gasteiger partial charge in [-0.05, 0) is 59.1 Å². The Morgan fingerprint density at radius 2 is 1.61 bits per heavy atom. The third-order valence-electron chi connectivity index (χ3n) is 3.51. The van der Waals surface area contributed by atoms with Crippen molar-refractivity contribution in [3.63, 3.8) is 0 Å². The van der Waals surface area contributed by atoms with Gasteiger partial charge in [0, 0.05) is 16.4 Å². The summed E-state index contributed by atoms with van der Waals surface area (Å²) in [5.74, 6) is 1.31. The molecule has 1 aromatic heterocycles. The minimum Gasteiger partial charge on any atom is -0.340 e. The van der Waals surface area contributed by atoms with E-state index in [1.165, 1.54) is 11.1 Å². The molecule has 0 amide bonds. The number of rotatable bonds is 4. The summed E-state index contributed by atoms with van der Waals surface area (Å²) in [6, 6.07) is 15.9. The van der Waals surface area contributed by atoms with Gasteiger partial charge >= 0.3 is 0 Å². The van der Waals surface area contributed by atoms with Crippen LogP contribution in [0.15, 0.2) is 59.2 Å². The van der Waals surface area contributed by atoms with E-state index in [4.69, 9.17) is 0 Å². The van der Waals surface area contributed by atoms with Crippen molar-refractivity contribution in [1.29, 1.82) is 0 Å². The van der Waals surface area contributed by atoms with E-state index in [1.807, 2.05) is 30.3 Å². The first-order valence-corrected chi connectivity index (χ1v) is 8.10. The molecule has 4 nitrogen and oxygen atoms in total. The molecule has 0 atom stereocenters. The Hall–Kier alpha value is -2.40. The second-order valence-corrected chi connectivity index (χ2v) is 6.12. The summed E-state index contributed by atoms with van der Waals surface area (Å²) in [6.45, 7) is 4.16. The highest BCUT2D eigenvalue weighted by molar-refractivity contribution is 9.10. The number of hydrogen-bond donors (Lipinski definition) is 2. The number of halogens is 1. The molecule has 0 radical (unpaired) electrons. The Bertz CT molecular complexity index is 813. The van der Waals surface area contributed by atoms with Crippen LogP contribution in [0, 0.1) is 13.8 Å². The molecule has 0 aliphatic rings. The van der Waals surface area contributed by atoms with E-state index in [0.29, 0.717) is 5.95 Å². The first kappa shape index (κ1) is 15.5. The molecule has 0 saturated heterocycles. The second kappa shape index (κ2) is 6.79. The van der Waals surface area contributed by atoms with Crippen molar-refractivity contribution >= 4 is 39.1 Å². The standard InChI is InChI=1S/C18H17BrN4/c1-12-6-5-7-13(2)17(12)22-16-10-11-20-18(23-16)21-15-9-4-3-8-14(15)19/h3-11H,1-2H3,(H2,20,21,22,23). The van der Waals surface area contributed by atoms with Gasteiger partial charge in [0.2, 0.25) is 5.95 Å². The predicted molar refractivity (Wildman–Crippen MR) is 98.7 cm³/mol. The molecule has 0 spiro atoms. The van der Waals surface area contributed by atoms with Crippen molar-refractivity contribution < 1.29 is 0 Å². The number of aryl methyl sites for hydroxylation is 2. The molecule has 3 aromatic rings. The molecule has 0 aliphatic carbocycles. The van der Waals surface area contributed by atoms with Crippen molar-refractivity contribution in [1.82, 2.24) is 9.97 Å². The molecular formula is C18H17BrN4. The minimum absolute atomic E-state index is 0.549. The molecule has 2 N–H and O–H groups in total. The average molecular weight is 369 g/mol. The highest BCUT2D eigenvalue weighted by atomic mass is 79.9. The topological polar surface area (TPSA) is 49.8 Å². The highest BCUT2D eigenvalue weighted by Gasteiger charge is 2.06. The van der Waals surface area contributed by atoms with Crippen molar-refractivity contribution in [2.75, 3.05) is 10.6 Å². The van der Waals surface area contributed by atoms with Crippen LogP contribution in [0.4, 0.5) is 23.1 Å². The lowest BCUT2D eigenvalue weighted by Gasteiger charge is -2.13. The Morgan fingerprint density at radius 3 is 2.35 bits per heavy atom. The maximum absolute atomic E-state index is 4.53. The number of aromatic nitrogens is 2. The number of benzene rings is 2. The molecule has 0 aliphatic heterocycles. The fraction of sp³-hybridized carbons (Fsp3) is 0.111. The van der Waals surface area contributed by atoms with Crippen molar-refractivity contribution in [3.05, 3.63) is 70.3 Å². The first-order valence-electron chi connectivity index (χ1n) is 7.31. The van der Waals surface area contributed by atoms with Crippen molar-refractivity contribution in [2.24, 2.45) is 0 Å². The highest BCUT2D eigenvalue weighted by Crippen LogP contribution is 2.26. The van der Waals surface area contributed by atoms with E-state index in [2.05, 4.69) is 68.6 Å². The summed E-state index contributed by atoms with van der Waals surface area (Å²) < 4.78 is 0.969. The van der Waals surface area contributed by atoms with Gasteiger partial charge in [-0.25, -0.2) is 4.98 Å². The average Bonchev–Trinajstić information content (AvgIpc) is 2.54. The van der Waals surface area contributed by atoms with Gasteiger partial charge in [0.1, 0.15) is 5.82 Å². The summed E-state index contributed by atoms with van der Waals surface area (Å²) in [5, 5.41) is 6.60. The van der Waals surface area contributed by atoms with Crippen LogP contribution in [0.3, 0.4) is 0 Å². The van der Waals surface area contributed by atoms with Gasteiger partial charge in [0.05, 0.1) is 5.69 Å². The van der Waals surface area contributed by atoms with E-state index in [-0.39, 0.29) is 0 Å². The van der Waals surface area contributed by atoms with E-state index in [1.54, 1.807) is 6.20 Å². The van der Waals surface area contributed by atoms with Crippen LogP contribution in [0.5, 0.6) is 0 Å². The van der Waals surface area contributed by atoms with Gasteiger partial charge in [0.15, 0.2) is 0 Å². The Morgan fingerprint density at radius 1 is 0.870 bits per heavy atom. The molecule has 23 heavy (non-hydrogen) atoms. The fourth-order valence-electron chi connectivity index (χ4n) is 2.31. The minimum atomic E-state index is 0.549. The quantitative estimate of drug-likeness (QED) is 0.652. The second-order valence-electron chi connectivity index (χ2n) is 5.26.